The Bertz CT molecular complexity index is 577. The minimum Gasteiger partial charge on any atom is -0.390 e. The minimum absolute atomic E-state index is 0.216. The largest absolute Gasteiger partial charge is 0.390 e. The lowest BCUT2D eigenvalue weighted by atomic mass is 9.99. The first-order valence-corrected chi connectivity index (χ1v) is 5.33. The summed E-state index contributed by atoms with van der Waals surface area (Å²) in [5.74, 6) is 0. The summed E-state index contributed by atoms with van der Waals surface area (Å²) < 4.78 is 0. The third-order valence-electron chi connectivity index (χ3n) is 2.49. The van der Waals surface area contributed by atoms with Crippen LogP contribution in [0, 0.1) is 11.3 Å². The van der Waals surface area contributed by atoms with Crippen LogP contribution in [-0.4, -0.2) is 0 Å². The molecule has 82 valence electrons. The predicted octanol–water partition coefficient (Wildman–Crippen LogP) is 3.18. The molecule has 2 nitrogen and oxygen atoms in total. The van der Waals surface area contributed by atoms with Crippen molar-refractivity contribution in [1.82, 2.24) is 0 Å². The maximum absolute atomic E-state index is 8.71. The lowest BCUT2D eigenvalue weighted by molar-refractivity contribution is 1.41. The maximum atomic E-state index is 8.71. The molecule has 0 aromatic heterocycles. The van der Waals surface area contributed by atoms with Gasteiger partial charge in [0.15, 0.2) is 0 Å². The average molecular weight is 220 g/mol. The Morgan fingerprint density at radius 1 is 1.00 bits per heavy atom. The van der Waals surface area contributed by atoms with Crippen molar-refractivity contribution in [2.75, 3.05) is 0 Å². The molecule has 0 unspecified atom stereocenters. The molecule has 0 amide bonds. The quantitative estimate of drug-likeness (QED) is 0.790. The van der Waals surface area contributed by atoms with Crippen molar-refractivity contribution >= 4 is 6.08 Å². The van der Waals surface area contributed by atoms with Gasteiger partial charge in [-0.15, -0.1) is 0 Å². The van der Waals surface area contributed by atoms with Crippen molar-refractivity contribution < 1.29 is 0 Å². The second-order valence-electron chi connectivity index (χ2n) is 3.66. The zero-order valence-electron chi connectivity index (χ0n) is 9.30. The number of benzene rings is 2. The Morgan fingerprint density at radius 2 is 1.65 bits per heavy atom. The van der Waals surface area contributed by atoms with Gasteiger partial charge in [0.2, 0.25) is 0 Å². The van der Waals surface area contributed by atoms with Crippen LogP contribution in [0.2, 0.25) is 0 Å². The summed E-state index contributed by atoms with van der Waals surface area (Å²) in [5, 5.41) is 8.71. The highest BCUT2D eigenvalue weighted by atomic mass is 14.6. The number of hydrogen-bond acceptors (Lipinski definition) is 2. The first-order chi connectivity index (χ1) is 8.31. The number of nitriles is 1. The molecule has 17 heavy (non-hydrogen) atoms. The van der Waals surface area contributed by atoms with Gasteiger partial charge in [-0.05, 0) is 22.8 Å². The summed E-state index contributed by atoms with van der Waals surface area (Å²) in [7, 11) is 0. The molecule has 0 bridgehead atoms. The fraction of sp³-hybridized carbons (Fsp3) is 0. The van der Waals surface area contributed by atoms with Gasteiger partial charge in [0.1, 0.15) is 11.8 Å². The Balaban J connectivity index is 2.53. The van der Waals surface area contributed by atoms with Crippen LogP contribution in [0.1, 0.15) is 5.56 Å². The minimum atomic E-state index is 0.216. The topological polar surface area (TPSA) is 49.8 Å². The van der Waals surface area contributed by atoms with E-state index in [1.165, 1.54) is 0 Å². The fourth-order valence-corrected chi connectivity index (χ4v) is 1.70. The van der Waals surface area contributed by atoms with E-state index < -0.39 is 0 Å². The van der Waals surface area contributed by atoms with Crippen LogP contribution in [0.15, 0.2) is 60.3 Å². The van der Waals surface area contributed by atoms with Gasteiger partial charge in [0.25, 0.3) is 0 Å². The molecule has 2 aromatic rings. The van der Waals surface area contributed by atoms with E-state index in [0.29, 0.717) is 0 Å². The zero-order chi connectivity index (χ0) is 12.1. The fourth-order valence-electron chi connectivity index (χ4n) is 1.70. The molecule has 0 aliphatic carbocycles. The van der Waals surface area contributed by atoms with Crippen LogP contribution in [0.3, 0.4) is 0 Å². The summed E-state index contributed by atoms with van der Waals surface area (Å²) in [4.78, 5) is 0. The summed E-state index contributed by atoms with van der Waals surface area (Å²) >= 11 is 0. The predicted molar refractivity (Wildman–Crippen MR) is 69.7 cm³/mol. The van der Waals surface area contributed by atoms with E-state index in [1.807, 2.05) is 60.7 Å². The summed E-state index contributed by atoms with van der Waals surface area (Å²) in [5.41, 5.74) is 8.92. The Labute approximate surface area is 101 Å². The van der Waals surface area contributed by atoms with Gasteiger partial charge in [-0.1, -0.05) is 54.6 Å². The van der Waals surface area contributed by atoms with Crippen LogP contribution >= 0.6 is 0 Å². The highest BCUT2D eigenvalue weighted by Gasteiger charge is 2.02. The molecule has 0 aliphatic heterocycles. The first kappa shape index (κ1) is 11.0. The van der Waals surface area contributed by atoms with Gasteiger partial charge < -0.3 is 5.73 Å². The number of allylic oxidation sites excluding steroid dienone is 1. The molecule has 0 heterocycles. The van der Waals surface area contributed by atoms with Crippen molar-refractivity contribution in [3.05, 3.63) is 65.9 Å². The molecule has 0 atom stereocenters. The first-order valence-electron chi connectivity index (χ1n) is 5.33. The van der Waals surface area contributed by atoms with Gasteiger partial charge in [-0.2, -0.15) is 5.26 Å². The van der Waals surface area contributed by atoms with Crippen molar-refractivity contribution in [3.63, 3.8) is 0 Å². The molecule has 0 aliphatic rings. The van der Waals surface area contributed by atoms with Gasteiger partial charge in [0, 0.05) is 0 Å². The molecule has 0 fully saturated rings. The number of rotatable bonds is 2. The van der Waals surface area contributed by atoms with Crippen molar-refractivity contribution in [3.8, 4) is 17.2 Å². The van der Waals surface area contributed by atoms with E-state index in [4.69, 9.17) is 11.0 Å². The van der Waals surface area contributed by atoms with E-state index in [0.717, 1.165) is 16.7 Å². The Hall–Kier alpha value is -2.53. The maximum Gasteiger partial charge on any atom is 0.117 e. The second kappa shape index (κ2) is 5.00. The Kier molecular flexibility index (Phi) is 3.23. The molecule has 0 saturated carbocycles. The van der Waals surface area contributed by atoms with Gasteiger partial charge >= 0.3 is 0 Å². The van der Waals surface area contributed by atoms with E-state index in [2.05, 4.69) is 0 Å². The number of nitrogens with zero attached hydrogens (tertiary/aromatic N) is 1. The Morgan fingerprint density at radius 3 is 2.35 bits per heavy atom. The van der Waals surface area contributed by atoms with Crippen molar-refractivity contribution in [1.29, 1.82) is 5.26 Å². The van der Waals surface area contributed by atoms with Crippen LogP contribution in [0.25, 0.3) is 17.2 Å². The highest BCUT2D eigenvalue weighted by molar-refractivity contribution is 5.76. The van der Waals surface area contributed by atoms with Gasteiger partial charge in [0.05, 0.1) is 0 Å². The summed E-state index contributed by atoms with van der Waals surface area (Å²) in [6.45, 7) is 0. The third-order valence-corrected chi connectivity index (χ3v) is 2.49. The van der Waals surface area contributed by atoms with Crippen LogP contribution < -0.4 is 5.73 Å². The van der Waals surface area contributed by atoms with Crippen molar-refractivity contribution in [2.45, 2.75) is 0 Å². The second-order valence-corrected chi connectivity index (χ2v) is 3.66. The van der Waals surface area contributed by atoms with Crippen LogP contribution in [-0.2, 0) is 0 Å². The molecule has 2 N–H and O–H groups in total. The molecule has 2 aromatic carbocycles. The molecule has 0 spiro atoms. The molecular weight excluding hydrogens is 208 g/mol. The van der Waals surface area contributed by atoms with Crippen LogP contribution in [0.5, 0.6) is 0 Å². The van der Waals surface area contributed by atoms with Crippen LogP contribution in [0.4, 0.5) is 0 Å². The molecule has 2 rings (SSSR count). The normalized spacial score (nSPS) is 10.9. The molecule has 0 saturated heterocycles. The smallest absolute Gasteiger partial charge is 0.117 e. The SMILES string of the molecule is N#CC(N)=Cc1ccccc1-c1ccccc1. The lowest BCUT2D eigenvalue weighted by Gasteiger charge is -2.05. The van der Waals surface area contributed by atoms with Gasteiger partial charge in [-0.3, -0.25) is 0 Å². The van der Waals surface area contributed by atoms with E-state index in [1.54, 1.807) is 6.08 Å². The molecule has 2 heteroatoms. The standard InChI is InChI=1S/C15H12N2/c16-11-14(17)10-13-8-4-5-9-15(13)12-6-2-1-3-7-12/h1-10H,17H2. The summed E-state index contributed by atoms with van der Waals surface area (Å²) in [6, 6.07) is 19.8. The van der Waals surface area contributed by atoms with Crippen molar-refractivity contribution in [2.24, 2.45) is 5.73 Å². The van der Waals surface area contributed by atoms with Gasteiger partial charge in [-0.25, -0.2) is 0 Å². The molecule has 0 radical (unpaired) electrons. The number of nitrogens with two attached hydrogens (primary N) is 1. The highest BCUT2D eigenvalue weighted by Crippen LogP contribution is 2.24. The van der Waals surface area contributed by atoms with E-state index in [9.17, 15) is 0 Å². The van der Waals surface area contributed by atoms with E-state index >= 15 is 0 Å². The average Bonchev–Trinajstić information content (AvgIpc) is 2.40. The summed E-state index contributed by atoms with van der Waals surface area (Å²) in [6.07, 6.45) is 1.70. The molecular formula is C15H12N2. The number of hydrogen-bond donors (Lipinski definition) is 1. The monoisotopic (exact) mass is 220 g/mol. The third kappa shape index (κ3) is 2.53. The zero-order valence-corrected chi connectivity index (χ0v) is 9.30. The van der Waals surface area contributed by atoms with E-state index in [-0.39, 0.29) is 5.70 Å². The lowest BCUT2D eigenvalue weighted by Crippen LogP contribution is -1.93.